The fourth-order valence-electron chi connectivity index (χ4n) is 4.34. The first-order chi connectivity index (χ1) is 17.7. The largest absolute Gasteiger partial charge is 0.416 e. The number of hydrogen-bond donors (Lipinski definition) is 1. The van der Waals surface area contributed by atoms with Crippen LogP contribution in [0.1, 0.15) is 49.3 Å². The second kappa shape index (κ2) is 11.9. The summed E-state index contributed by atoms with van der Waals surface area (Å²) in [6.07, 6.45) is -0.326. The molecule has 0 unspecified atom stereocenters. The molecule has 7 nitrogen and oxygen atoms in total. The molecule has 1 aliphatic rings. The molecule has 1 aliphatic carbocycles. The predicted octanol–water partition coefficient (Wildman–Crippen LogP) is 4.91. The van der Waals surface area contributed by atoms with Gasteiger partial charge in [-0.15, -0.1) is 0 Å². The molecule has 38 heavy (non-hydrogen) atoms. The van der Waals surface area contributed by atoms with Gasteiger partial charge in [-0.25, -0.2) is 8.42 Å². The maximum atomic E-state index is 13.6. The molecule has 12 heteroatoms. The maximum Gasteiger partial charge on any atom is 0.416 e. The number of carbonyl (C=O) groups is 2. The summed E-state index contributed by atoms with van der Waals surface area (Å²) in [5, 5.41) is 2.68. The Hall–Kier alpha value is -2.79. The first-order valence-corrected chi connectivity index (χ1v) is 14.4. The minimum atomic E-state index is -4.75. The molecule has 208 valence electrons. The Kier molecular flexibility index (Phi) is 9.35. The average Bonchev–Trinajstić information content (AvgIpc) is 3.33. The van der Waals surface area contributed by atoms with Crippen LogP contribution in [0.3, 0.4) is 0 Å². The number of nitrogens with zero attached hydrogens (tertiary/aromatic N) is 2. The Balaban J connectivity index is 1.95. The molecule has 0 spiro atoms. The Morgan fingerprint density at radius 3 is 2.26 bits per heavy atom. The van der Waals surface area contributed by atoms with E-state index in [2.05, 4.69) is 5.32 Å². The van der Waals surface area contributed by atoms with Gasteiger partial charge in [0.1, 0.15) is 12.6 Å². The van der Waals surface area contributed by atoms with E-state index in [4.69, 9.17) is 11.6 Å². The number of aryl methyl sites for hydroxylation is 1. The lowest BCUT2D eigenvalue weighted by molar-refractivity contribution is -0.139. The Labute approximate surface area is 226 Å². The van der Waals surface area contributed by atoms with Crippen molar-refractivity contribution < 1.29 is 31.2 Å². The van der Waals surface area contributed by atoms with Gasteiger partial charge in [-0.3, -0.25) is 13.9 Å². The summed E-state index contributed by atoms with van der Waals surface area (Å²) in [5.41, 5.74) is 0.100. The minimum Gasteiger partial charge on any atom is -0.352 e. The van der Waals surface area contributed by atoms with Crippen LogP contribution in [0.2, 0.25) is 5.02 Å². The van der Waals surface area contributed by atoms with Gasteiger partial charge in [0.2, 0.25) is 21.8 Å². The lowest BCUT2D eigenvalue weighted by atomic mass is 10.1. The SMILES string of the molecule is Cc1ccc(CN(C(=O)CN(c2cc(C(F)(F)F)ccc2Cl)S(C)(=O)=O)[C@H](C)C(=O)NC2CCCC2)cc1. The summed E-state index contributed by atoms with van der Waals surface area (Å²) < 4.78 is 65.9. The average molecular weight is 574 g/mol. The first kappa shape index (κ1) is 29.8. The summed E-state index contributed by atoms with van der Waals surface area (Å²) in [6.45, 7) is 2.59. The highest BCUT2D eigenvalue weighted by molar-refractivity contribution is 7.92. The van der Waals surface area contributed by atoms with Crippen LogP contribution in [-0.4, -0.2) is 50.0 Å². The molecule has 1 N–H and O–H groups in total. The van der Waals surface area contributed by atoms with Crippen LogP contribution >= 0.6 is 11.6 Å². The minimum absolute atomic E-state index is 0.00212. The number of alkyl halides is 3. The van der Waals surface area contributed by atoms with Crippen molar-refractivity contribution in [3.8, 4) is 0 Å². The zero-order chi connectivity index (χ0) is 28.3. The quantitative estimate of drug-likeness (QED) is 0.462. The number of nitrogens with one attached hydrogen (secondary N) is 1. The van der Waals surface area contributed by atoms with Crippen LogP contribution < -0.4 is 9.62 Å². The van der Waals surface area contributed by atoms with Crippen LogP contribution in [0.25, 0.3) is 0 Å². The van der Waals surface area contributed by atoms with E-state index in [-0.39, 0.29) is 23.5 Å². The lowest BCUT2D eigenvalue weighted by Crippen LogP contribution is -2.52. The molecule has 1 atom stereocenters. The van der Waals surface area contributed by atoms with Crippen LogP contribution in [0.15, 0.2) is 42.5 Å². The number of carbonyl (C=O) groups excluding carboxylic acids is 2. The first-order valence-electron chi connectivity index (χ1n) is 12.2. The Bertz CT molecular complexity index is 1260. The van der Waals surface area contributed by atoms with Crippen LogP contribution in [0.4, 0.5) is 18.9 Å². The zero-order valence-corrected chi connectivity index (χ0v) is 23.0. The van der Waals surface area contributed by atoms with Crippen molar-refractivity contribution in [1.82, 2.24) is 10.2 Å². The van der Waals surface area contributed by atoms with Crippen molar-refractivity contribution in [2.75, 3.05) is 17.1 Å². The van der Waals surface area contributed by atoms with Crippen molar-refractivity contribution in [1.29, 1.82) is 0 Å². The van der Waals surface area contributed by atoms with E-state index < -0.39 is 45.9 Å². The van der Waals surface area contributed by atoms with Gasteiger partial charge in [-0.2, -0.15) is 13.2 Å². The number of rotatable bonds is 9. The molecule has 2 amide bonds. The maximum absolute atomic E-state index is 13.6. The van der Waals surface area contributed by atoms with Crippen LogP contribution in [0, 0.1) is 6.92 Å². The highest BCUT2D eigenvalue weighted by atomic mass is 35.5. The second-order valence-corrected chi connectivity index (χ2v) is 11.9. The van der Waals surface area contributed by atoms with E-state index in [1.54, 1.807) is 19.1 Å². The number of halogens is 4. The monoisotopic (exact) mass is 573 g/mol. The molecule has 1 fully saturated rings. The van der Waals surface area contributed by atoms with Gasteiger partial charge in [0, 0.05) is 12.6 Å². The van der Waals surface area contributed by atoms with E-state index >= 15 is 0 Å². The number of hydrogen-bond acceptors (Lipinski definition) is 4. The summed E-state index contributed by atoms with van der Waals surface area (Å²) in [4.78, 5) is 27.9. The Morgan fingerprint density at radius 2 is 1.71 bits per heavy atom. The van der Waals surface area contributed by atoms with Crippen molar-refractivity contribution in [3.05, 3.63) is 64.2 Å². The molecule has 0 saturated heterocycles. The van der Waals surface area contributed by atoms with Crippen LogP contribution in [-0.2, 0) is 32.3 Å². The molecule has 1 saturated carbocycles. The van der Waals surface area contributed by atoms with Gasteiger partial charge in [0.15, 0.2) is 0 Å². The Morgan fingerprint density at radius 1 is 1.11 bits per heavy atom. The fraction of sp³-hybridized carbons (Fsp3) is 0.462. The number of amides is 2. The van der Waals surface area contributed by atoms with Gasteiger partial charge >= 0.3 is 6.18 Å². The van der Waals surface area contributed by atoms with Crippen molar-refractivity contribution in [3.63, 3.8) is 0 Å². The lowest BCUT2D eigenvalue weighted by Gasteiger charge is -2.32. The fourth-order valence-corrected chi connectivity index (χ4v) is 5.46. The van der Waals surface area contributed by atoms with Gasteiger partial charge in [0.25, 0.3) is 0 Å². The standard InChI is InChI=1S/C26H31ClF3N3O4S/c1-17-8-10-19(11-9-17)15-32(18(2)25(35)31-21-6-4-5-7-21)24(34)16-33(38(3,36)37)23-14-20(26(28,29)30)12-13-22(23)27/h8-14,18,21H,4-7,15-16H2,1-3H3,(H,31,35)/t18-/m1/s1. The van der Waals surface area contributed by atoms with Crippen molar-refractivity contribution in [2.45, 2.75) is 64.3 Å². The molecular weight excluding hydrogens is 543 g/mol. The number of anilines is 1. The van der Waals surface area contributed by atoms with E-state index in [9.17, 15) is 31.2 Å². The second-order valence-electron chi connectivity index (χ2n) is 9.61. The summed E-state index contributed by atoms with van der Waals surface area (Å²) in [5.74, 6) is -1.15. The van der Waals surface area contributed by atoms with Gasteiger partial charge in [-0.1, -0.05) is 54.3 Å². The molecule has 0 aliphatic heterocycles. The molecule has 3 rings (SSSR count). The normalized spacial score (nSPS) is 15.2. The third kappa shape index (κ3) is 7.63. The molecule has 0 aromatic heterocycles. The van der Waals surface area contributed by atoms with E-state index in [1.165, 1.54) is 4.90 Å². The molecular formula is C26H31ClF3N3O4S. The van der Waals surface area contributed by atoms with E-state index in [0.29, 0.717) is 15.9 Å². The predicted molar refractivity (Wildman–Crippen MR) is 140 cm³/mol. The van der Waals surface area contributed by atoms with Crippen molar-refractivity contribution in [2.24, 2.45) is 0 Å². The molecule has 0 heterocycles. The molecule has 0 bridgehead atoms. The highest BCUT2D eigenvalue weighted by Gasteiger charge is 2.35. The van der Waals surface area contributed by atoms with Gasteiger partial charge < -0.3 is 10.2 Å². The van der Waals surface area contributed by atoms with E-state index in [1.807, 2.05) is 19.1 Å². The van der Waals surface area contributed by atoms with Crippen molar-refractivity contribution >= 4 is 39.1 Å². The third-order valence-electron chi connectivity index (χ3n) is 6.56. The number of benzene rings is 2. The molecule has 0 radical (unpaired) electrons. The smallest absolute Gasteiger partial charge is 0.352 e. The van der Waals surface area contributed by atoms with Crippen LogP contribution in [0.5, 0.6) is 0 Å². The third-order valence-corrected chi connectivity index (χ3v) is 8.01. The topological polar surface area (TPSA) is 86.8 Å². The van der Waals surface area contributed by atoms with E-state index in [0.717, 1.165) is 49.6 Å². The highest BCUT2D eigenvalue weighted by Crippen LogP contribution is 2.36. The van der Waals surface area contributed by atoms with Gasteiger partial charge in [0.05, 0.1) is 22.5 Å². The van der Waals surface area contributed by atoms with Gasteiger partial charge in [-0.05, 0) is 50.5 Å². The molecule has 2 aromatic carbocycles. The number of sulfonamides is 1. The summed E-state index contributed by atoms with van der Waals surface area (Å²) >= 11 is 6.10. The summed E-state index contributed by atoms with van der Waals surface area (Å²) in [6, 6.07) is 8.54. The summed E-state index contributed by atoms with van der Waals surface area (Å²) in [7, 11) is -4.24. The molecule has 2 aromatic rings. The zero-order valence-electron chi connectivity index (χ0n) is 21.4.